The standard InChI is InChI=1S/C21H21N3O2/c1-15-3-7-18(8-4-15)24-21(25)23-16(2)17-5-9-19(10-6-17)26-20-11-13-22-14-12-20/h3-14,16H,1-2H3,(H2,23,24,25). The molecule has 1 unspecified atom stereocenters. The van der Waals surface area contributed by atoms with Crippen molar-refractivity contribution in [2.45, 2.75) is 19.9 Å². The van der Waals surface area contributed by atoms with Crippen molar-refractivity contribution in [3.8, 4) is 11.5 Å². The lowest BCUT2D eigenvalue weighted by Gasteiger charge is -2.16. The number of urea groups is 1. The van der Waals surface area contributed by atoms with E-state index in [0.717, 1.165) is 28.3 Å². The largest absolute Gasteiger partial charge is 0.457 e. The van der Waals surface area contributed by atoms with Crippen LogP contribution in [0, 0.1) is 6.92 Å². The minimum Gasteiger partial charge on any atom is -0.457 e. The van der Waals surface area contributed by atoms with Gasteiger partial charge >= 0.3 is 6.03 Å². The van der Waals surface area contributed by atoms with Crippen molar-refractivity contribution in [3.05, 3.63) is 84.2 Å². The molecule has 0 spiro atoms. The predicted octanol–water partition coefficient (Wildman–Crippen LogP) is 5.07. The van der Waals surface area contributed by atoms with Gasteiger partial charge in [-0.25, -0.2) is 4.79 Å². The molecule has 0 aliphatic heterocycles. The molecule has 2 aromatic carbocycles. The van der Waals surface area contributed by atoms with Gasteiger partial charge in [0.15, 0.2) is 0 Å². The molecule has 1 aromatic heterocycles. The smallest absolute Gasteiger partial charge is 0.319 e. The van der Waals surface area contributed by atoms with Gasteiger partial charge in [0.2, 0.25) is 0 Å². The molecule has 26 heavy (non-hydrogen) atoms. The van der Waals surface area contributed by atoms with Gasteiger partial charge in [-0.1, -0.05) is 29.8 Å². The molecule has 5 nitrogen and oxygen atoms in total. The van der Waals surface area contributed by atoms with E-state index in [9.17, 15) is 4.79 Å². The maximum absolute atomic E-state index is 12.1. The molecule has 0 aliphatic rings. The fourth-order valence-corrected chi connectivity index (χ4v) is 2.45. The Morgan fingerprint density at radius 3 is 2.19 bits per heavy atom. The number of benzene rings is 2. The molecule has 2 N–H and O–H groups in total. The molecule has 0 aliphatic carbocycles. The second kappa shape index (κ2) is 8.16. The molecule has 1 atom stereocenters. The second-order valence-electron chi connectivity index (χ2n) is 6.04. The molecule has 3 aromatic rings. The van der Waals surface area contributed by atoms with Crippen LogP contribution in [0.25, 0.3) is 0 Å². The van der Waals surface area contributed by atoms with E-state index in [4.69, 9.17) is 4.74 Å². The van der Waals surface area contributed by atoms with Gasteiger partial charge in [-0.15, -0.1) is 0 Å². The molecule has 0 radical (unpaired) electrons. The number of aryl methyl sites for hydroxylation is 1. The summed E-state index contributed by atoms with van der Waals surface area (Å²) in [5, 5.41) is 5.76. The van der Waals surface area contributed by atoms with E-state index in [1.54, 1.807) is 24.5 Å². The average molecular weight is 347 g/mol. The summed E-state index contributed by atoms with van der Waals surface area (Å²) in [5.41, 5.74) is 2.91. The fraction of sp³-hybridized carbons (Fsp3) is 0.143. The summed E-state index contributed by atoms with van der Waals surface area (Å²) in [4.78, 5) is 16.1. The number of anilines is 1. The molecule has 132 valence electrons. The number of carbonyl (C=O) groups is 1. The molecule has 3 rings (SSSR count). The van der Waals surface area contributed by atoms with E-state index < -0.39 is 0 Å². The lowest BCUT2D eigenvalue weighted by atomic mass is 10.1. The van der Waals surface area contributed by atoms with Crippen LogP contribution in [-0.2, 0) is 0 Å². The van der Waals surface area contributed by atoms with E-state index in [-0.39, 0.29) is 12.1 Å². The SMILES string of the molecule is Cc1ccc(NC(=O)NC(C)c2ccc(Oc3ccncc3)cc2)cc1. The van der Waals surface area contributed by atoms with Crippen LogP contribution in [0.3, 0.4) is 0 Å². The first-order valence-electron chi connectivity index (χ1n) is 8.42. The number of ether oxygens (including phenoxy) is 1. The molecule has 5 heteroatoms. The Hall–Kier alpha value is -3.34. The highest BCUT2D eigenvalue weighted by Gasteiger charge is 2.10. The Morgan fingerprint density at radius 1 is 0.923 bits per heavy atom. The van der Waals surface area contributed by atoms with Crippen LogP contribution in [0.15, 0.2) is 73.1 Å². The third kappa shape index (κ3) is 4.83. The number of hydrogen-bond donors (Lipinski definition) is 2. The van der Waals surface area contributed by atoms with Crippen LogP contribution >= 0.6 is 0 Å². The topological polar surface area (TPSA) is 63.2 Å². The minimum atomic E-state index is -0.238. The van der Waals surface area contributed by atoms with Crippen LogP contribution in [0.5, 0.6) is 11.5 Å². The average Bonchev–Trinajstić information content (AvgIpc) is 2.65. The zero-order valence-electron chi connectivity index (χ0n) is 14.8. The number of nitrogens with zero attached hydrogens (tertiary/aromatic N) is 1. The molecule has 1 heterocycles. The molecular formula is C21H21N3O2. The van der Waals surface area contributed by atoms with Gasteiger partial charge in [-0.2, -0.15) is 0 Å². The van der Waals surface area contributed by atoms with Gasteiger partial charge in [0.25, 0.3) is 0 Å². The van der Waals surface area contributed by atoms with Gasteiger partial charge in [0.1, 0.15) is 11.5 Å². The van der Waals surface area contributed by atoms with E-state index >= 15 is 0 Å². The first-order chi connectivity index (χ1) is 12.6. The summed E-state index contributed by atoms with van der Waals surface area (Å²) in [5.74, 6) is 1.47. The lowest BCUT2D eigenvalue weighted by Crippen LogP contribution is -2.31. The van der Waals surface area contributed by atoms with E-state index in [1.165, 1.54) is 0 Å². The van der Waals surface area contributed by atoms with Gasteiger partial charge in [-0.3, -0.25) is 4.98 Å². The molecular weight excluding hydrogens is 326 g/mol. The van der Waals surface area contributed by atoms with Crippen molar-refractivity contribution < 1.29 is 9.53 Å². The first kappa shape index (κ1) is 17.5. The third-order valence-electron chi connectivity index (χ3n) is 3.92. The van der Waals surface area contributed by atoms with E-state index in [1.807, 2.05) is 62.4 Å². The highest BCUT2D eigenvalue weighted by molar-refractivity contribution is 5.89. The zero-order chi connectivity index (χ0) is 18.4. The zero-order valence-corrected chi connectivity index (χ0v) is 14.8. The molecule has 0 bridgehead atoms. The Kier molecular flexibility index (Phi) is 5.49. The van der Waals surface area contributed by atoms with Crippen LogP contribution in [-0.4, -0.2) is 11.0 Å². The van der Waals surface area contributed by atoms with Crippen molar-refractivity contribution in [2.75, 3.05) is 5.32 Å². The van der Waals surface area contributed by atoms with Gasteiger partial charge in [0.05, 0.1) is 6.04 Å². The minimum absolute atomic E-state index is 0.129. The van der Waals surface area contributed by atoms with Gasteiger partial charge in [-0.05, 0) is 55.8 Å². The molecule has 0 saturated heterocycles. The summed E-state index contributed by atoms with van der Waals surface area (Å²) in [6, 6.07) is 18.5. The van der Waals surface area contributed by atoms with E-state index in [0.29, 0.717) is 0 Å². The highest BCUT2D eigenvalue weighted by Crippen LogP contribution is 2.23. The normalized spacial score (nSPS) is 11.5. The van der Waals surface area contributed by atoms with Crippen molar-refractivity contribution in [2.24, 2.45) is 0 Å². The summed E-state index contributed by atoms with van der Waals surface area (Å²) < 4.78 is 5.74. The molecule has 0 saturated carbocycles. The van der Waals surface area contributed by atoms with Crippen molar-refractivity contribution in [3.63, 3.8) is 0 Å². The first-order valence-corrected chi connectivity index (χ1v) is 8.42. The van der Waals surface area contributed by atoms with Crippen LogP contribution in [0.2, 0.25) is 0 Å². The number of carbonyl (C=O) groups excluding carboxylic acids is 1. The van der Waals surface area contributed by atoms with Gasteiger partial charge < -0.3 is 15.4 Å². The Labute approximate surface area is 153 Å². The Morgan fingerprint density at radius 2 is 1.54 bits per heavy atom. The van der Waals surface area contributed by atoms with Gasteiger partial charge in [0, 0.05) is 18.1 Å². The van der Waals surface area contributed by atoms with Crippen molar-refractivity contribution in [1.82, 2.24) is 10.3 Å². The van der Waals surface area contributed by atoms with Crippen LogP contribution < -0.4 is 15.4 Å². The number of rotatable bonds is 5. The predicted molar refractivity (Wildman–Crippen MR) is 103 cm³/mol. The maximum Gasteiger partial charge on any atom is 0.319 e. The Balaban J connectivity index is 1.56. The quantitative estimate of drug-likeness (QED) is 0.678. The number of nitrogens with one attached hydrogen (secondary N) is 2. The van der Waals surface area contributed by atoms with Crippen LogP contribution in [0.4, 0.5) is 10.5 Å². The highest BCUT2D eigenvalue weighted by atomic mass is 16.5. The molecule has 2 amide bonds. The maximum atomic E-state index is 12.1. The van der Waals surface area contributed by atoms with E-state index in [2.05, 4.69) is 15.6 Å². The number of aromatic nitrogens is 1. The molecule has 0 fully saturated rings. The Bertz CT molecular complexity index is 847. The summed E-state index contributed by atoms with van der Waals surface area (Å²) in [6.45, 7) is 3.95. The summed E-state index contributed by atoms with van der Waals surface area (Å²) in [7, 11) is 0. The van der Waals surface area contributed by atoms with Crippen molar-refractivity contribution in [1.29, 1.82) is 0 Å². The van der Waals surface area contributed by atoms with Crippen molar-refractivity contribution >= 4 is 11.7 Å². The monoisotopic (exact) mass is 347 g/mol. The number of hydrogen-bond acceptors (Lipinski definition) is 3. The lowest BCUT2D eigenvalue weighted by molar-refractivity contribution is 0.249. The third-order valence-corrected chi connectivity index (χ3v) is 3.92. The second-order valence-corrected chi connectivity index (χ2v) is 6.04. The summed E-state index contributed by atoms with van der Waals surface area (Å²) >= 11 is 0. The van der Waals surface area contributed by atoms with Crippen LogP contribution in [0.1, 0.15) is 24.1 Å². The summed E-state index contributed by atoms with van der Waals surface area (Å²) in [6.07, 6.45) is 3.37. The number of pyridine rings is 1. The number of amides is 2. The fourth-order valence-electron chi connectivity index (χ4n) is 2.45.